The fourth-order valence-corrected chi connectivity index (χ4v) is 6.68. The Labute approximate surface area is 257 Å². The van der Waals surface area contributed by atoms with E-state index >= 15 is 0 Å². The summed E-state index contributed by atoms with van der Waals surface area (Å²) in [4.78, 5) is 32.8. The molecule has 4 N–H and O–H groups in total. The number of amides is 2. The summed E-state index contributed by atoms with van der Waals surface area (Å²) in [6.45, 7) is 3.46. The summed E-state index contributed by atoms with van der Waals surface area (Å²) < 4.78 is 16.2. The molecule has 2 aromatic heterocycles. The zero-order valence-corrected chi connectivity index (χ0v) is 25.2. The van der Waals surface area contributed by atoms with Crippen LogP contribution in [0.2, 0.25) is 0 Å². The zero-order valence-electron chi connectivity index (χ0n) is 25.2. The summed E-state index contributed by atoms with van der Waals surface area (Å²) in [6.07, 6.45) is 16.3. The molecular weight excluding hydrogens is 559 g/mol. The van der Waals surface area contributed by atoms with Gasteiger partial charge in [-0.2, -0.15) is 5.10 Å². The number of hydrogen-bond acceptors (Lipinski definition) is 8. The molecule has 5 heterocycles. The molecule has 232 valence electrons. The third-order valence-electron chi connectivity index (χ3n) is 9.18. The summed E-state index contributed by atoms with van der Waals surface area (Å²) in [6, 6.07) is 7.17. The highest BCUT2D eigenvalue weighted by Crippen LogP contribution is 2.28. The van der Waals surface area contributed by atoms with Crippen LogP contribution in [0.5, 0.6) is 0 Å². The number of halogens is 1. The predicted molar refractivity (Wildman–Crippen MR) is 166 cm³/mol. The molecule has 0 bridgehead atoms. The Balaban J connectivity index is 0.947. The van der Waals surface area contributed by atoms with Gasteiger partial charge >= 0.3 is 0 Å². The minimum atomic E-state index is -0.370. The number of likely N-dealkylation sites (tertiary alicyclic amines) is 1. The largest absolute Gasteiger partial charge is 0.372 e. The lowest BCUT2D eigenvalue weighted by Crippen LogP contribution is -2.50. The number of fused-ring (bicyclic) bond motifs is 1. The highest BCUT2D eigenvalue weighted by Gasteiger charge is 2.30. The Morgan fingerprint density at radius 3 is 2.73 bits per heavy atom. The van der Waals surface area contributed by atoms with Crippen LogP contribution in [0.3, 0.4) is 0 Å². The van der Waals surface area contributed by atoms with Gasteiger partial charge < -0.3 is 20.9 Å². The molecule has 2 unspecified atom stereocenters. The molecule has 6 rings (SSSR count). The lowest BCUT2D eigenvalue weighted by molar-refractivity contribution is -0.134. The summed E-state index contributed by atoms with van der Waals surface area (Å²) >= 11 is 0. The summed E-state index contributed by atoms with van der Waals surface area (Å²) in [5, 5.41) is 10.1. The molecule has 44 heavy (non-hydrogen) atoms. The van der Waals surface area contributed by atoms with Crippen molar-refractivity contribution in [1.29, 1.82) is 0 Å². The van der Waals surface area contributed by atoms with Crippen molar-refractivity contribution in [3.63, 3.8) is 0 Å². The molecule has 1 aromatic carbocycles. The van der Waals surface area contributed by atoms with E-state index in [2.05, 4.69) is 62.0 Å². The van der Waals surface area contributed by atoms with Crippen molar-refractivity contribution in [1.82, 2.24) is 35.0 Å². The van der Waals surface area contributed by atoms with Crippen LogP contribution in [0.15, 0.2) is 60.8 Å². The Morgan fingerprint density at radius 2 is 1.98 bits per heavy atom. The Bertz CT molecular complexity index is 1570. The number of likely N-dealkylation sites (N-methyl/N-ethyl adjacent to an activating group) is 1. The molecule has 11 heteroatoms. The van der Waals surface area contributed by atoms with Gasteiger partial charge in [0.15, 0.2) is 0 Å². The van der Waals surface area contributed by atoms with E-state index in [-0.39, 0.29) is 30.2 Å². The number of rotatable bonds is 10. The van der Waals surface area contributed by atoms with E-state index in [4.69, 9.17) is 5.73 Å². The van der Waals surface area contributed by atoms with E-state index < -0.39 is 0 Å². The van der Waals surface area contributed by atoms with E-state index in [0.717, 1.165) is 68.5 Å². The molecule has 0 saturated carbocycles. The highest BCUT2D eigenvalue weighted by molar-refractivity contribution is 6.00. The van der Waals surface area contributed by atoms with Crippen molar-refractivity contribution >= 4 is 17.3 Å². The lowest BCUT2D eigenvalue weighted by Gasteiger charge is -2.40. The number of imide groups is 1. The van der Waals surface area contributed by atoms with Crippen LogP contribution in [0.1, 0.15) is 49.7 Å². The van der Waals surface area contributed by atoms with Crippen molar-refractivity contribution in [2.75, 3.05) is 26.7 Å². The predicted octanol–water partition coefficient (Wildman–Crippen LogP) is 3.14. The number of carbonyl (C=O) groups is 2. The van der Waals surface area contributed by atoms with Gasteiger partial charge in [-0.3, -0.25) is 14.9 Å². The average Bonchev–Trinajstić information content (AvgIpc) is 3.44. The number of allylic oxidation sites excluding steroid dienone is 1. The van der Waals surface area contributed by atoms with Crippen molar-refractivity contribution in [3.8, 4) is 11.3 Å². The number of nitrogens with zero attached hydrogens (tertiary/aromatic N) is 5. The second-order valence-electron chi connectivity index (χ2n) is 12.2. The van der Waals surface area contributed by atoms with Gasteiger partial charge in [0.05, 0.1) is 16.9 Å². The molecule has 2 saturated heterocycles. The van der Waals surface area contributed by atoms with E-state index in [1.807, 2.05) is 16.8 Å². The van der Waals surface area contributed by atoms with Gasteiger partial charge in [-0.1, -0.05) is 18.2 Å². The first-order valence-electron chi connectivity index (χ1n) is 15.6. The maximum absolute atomic E-state index is 14.4. The third-order valence-corrected chi connectivity index (χ3v) is 9.18. The molecule has 3 aromatic rings. The van der Waals surface area contributed by atoms with Crippen LogP contribution in [-0.4, -0.2) is 75.0 Å². The van der Waals surface area contributed by atoms with Crippen LogP contribution in [0.4, 0.5) is 4.39 Å². The van der Waals surface area contributed by atoms with Gasteiger partial charge in [0, 0.05) is 49.6 Å². The second kappa shape index (κ2) is 13.3. The van der Waals surface area contributed by atoms with Crippen LogP contribution in [-0.2, 0) is 22.6 Å². The number of piperidine rings is 2. The minimum Gasteiger partial charge on any atom is -0.372 e. The van der Waals surface area contributed by atoms with Gasteiger partial charge in [-0.05, 0) is 87.8 Å². The molecule has 2 fully saturated rings. The number of benzene rings is 1. The number of aryl methyl sites for hydroxylation is 1. The van der Waals surface area contributed by atoms with Crippen molar-refractivity contribution in [2.24, 2.45) is 11.7 Å². The van der Waals surface area contributed by atoms with Gasteiger partial charge in [-0.15, -0.1) is 0 Å². The number of unbranched alkanes of at least 4 members (excludes halogenated alkanes) is 1. The average molecular weight is 601 g/mol. The molecule has 0 radical (unpaired) electrons. The summed E-state index contributed by atoms with van der Waals surface area (Å²) in [5.41, 5.74) is 10.5. The first kappa shape index (κ1) is 30.0. The van der Waals surface area contributed by atoms with Crippen molar-refractivity contribution < 1.29 is 14.0 Å². The highest BCUT2D eigenvalue weighted by atomic mass is 19.1. The van der Waals surface area contributed by atoms with E-state index in [1.54, 1.807) is 6.07 Å². The molecule has 3 aliphatic heterocycles. The van der Waals surface area contributed by atoms with E-state index in [1.165, 1.54) is 18.0 Å². The minimum absolute atomic E-state index is 0.166. The smallest absolute Gasteiger partial charge is 0.249 e. The number of nitrogens with one attached hydrogen (secondary N) is 2. The van der Waals surface area contributed by atoms with Crippen LogP contribution in [0, 0.1) is 11.7 Å². The summed E-state index contributed by atoms with van der Waals surface area (Å²) in [5.74, 6) is -0.175. The lowest BCUT2D eigenvalue weighted by atomic mass is 9.87. The maximum Gasteiger partial charge on any atom is 0.249 e. The zero-order chi connectivity index (χ0) is 30.6. The topological polar surface area (TPSA) is 121 Å². The Hall–Kier alpha value is -4.09. The molecule has 2 amide bonds. The monoisotopic (exact) mass is 600 g/mol. The number of aromatic nitrogens is 3. The van der Waals surface area contributed by atoms with Crippen LogP contribution >= 0.6 is 0 Å². The van der Waals surface area contributed by atoms with Crippen LogP contribution in [0.25, 0.3) is 16.8 Å². The normalized spacial score (nSPS) is 21.5. The van der Waals surface area contributed by atoms with Crippen molar-refractivity contribution in [2.45, 2.75) is 63.6 Å². The SMILES string of the molecule is CN1C=C(NC2CCC(=O)NC2=O)C=CC1C1CCN(CCCCc2cc3c(-c4ccc(CN)c(F)c4)ncnn3c2)CC1. The van der Waals surface area contributed by atoms with Gasteiger partial charge in [-0.25, -0.2) is 13.9 Å². The molecule has 3 aliphatic rings. The standard InChI is InChI=1S/C33H41FN8O2/c1-40-20-26(38-28-8-10-31(43)39-33(28)44)7-9-29(40)23-11-14-41(15-12-23)13-3-2-4-22-16-30-32(36-21-37-42(30)19-22)24-5-6-25(18-35)27(34)17-24/h5-7,9,16-17,19-21,23,28-29,38H,2-4,8,10-15,18,35H2,1H3,(H,39,43,44). The third kappa shape index (κ3) is 6.68. The van der Waals surface area contributed by atoms with E-state index in [0.29, 0.717) is 36.1 Å². The van der Waals surface area contributed by atoms with E-state index in [9.17, 15) is 14.0 Å². The first-order valence-corrected chi connectivity index (χ1v) is 15.6. The van der Waals surface area contributed by atoms with Gasteiger partial charge in [0.1, 0.15) is 18.2 Å². The Kier molecular flexibility index (Phi) is 9.04. The van der Waals surface area contributed by atoms with Crippen LogP contribution < -0.4 is 16.4 Å². The molecular formula is C33H41FN8O2. The molecule has 2 atom stereocenters. The van der Waals surface area contributed by atoms with Crippen molar-refractivity contribution in [3.05, 3.63) is 77.8 Å². The Morgan fingerprint density at radius 1 is 1.14 bits per heavy atom. The fraction of sp³-hybridized carbons (Fsp3) is 0.455. The first-order chi connectivity index (χ1) is 21.4. The molecule has 10 nitrogen and oxygen atoms in total. The summed E-state index contributed by atoms with van der Waals surface area (Å²) in [7, 11) is 2.10. The van der Waals surface area contributed by atoms with Gasteiger partial charge in [0.25, 0.3) is 0 Å². The molecule has 0 aliphatic carbocycles. The quantitative estimate of drug-likeness (QED) is 0.240. The molecule has 0 spiro atoms. The second-order valence-corrected chi connectivity index (χ2v) is 12.2. The number of nitrogens with two attached hydrogens (primary N) is 1. The van der Waals surface area contributed by atoms with Gasteiger partial charge in [0.2, 0.25) is 11.8 Å². The number of carbonyl (C=O) groups excluding carboxylic acids is 2. The maximum atomic E-state index is 14.4. The fourth-order valence-electron chi connectivity index (χ4n) is 6.68. The number of hydrogen-bond donors (Lipinski definition) is 3.